The number of hydrogen-bond donors (Lipinski definition) is 1. The minimum Gasteiger partial charge on any atom is -0.481 e. The van der Waals surface area contributed by atoms with Crippen LogP contribution in [0, 0.1) is 0 Å². The average Bonchev–Trinajstić information content (AvgIpc) is 2.98. The molecule has 2 aliphatic rings. The van der Waals surface area contributed by atoms with Crippen molar-refractivity contribution < 1.29 is 9.53 Å². The summed E-state index contributed by atoms with van der Waals surface area (Å²) in [6.07, 6.45) is -0.154. The summed E-state index contributed by atoms with van der Waals surface area (Å²) >= 11 is 0. The number of hydrogen-bond acceptors (Lipinski definition) is 5. The van der Waals surface area contributed by atoms with E-state index in [4.69, 9.17) is 10.5 Å². The molecule has 23 heavy (non-hydrogen) atoms. The van der Waals surface area contributed by atoms with Crippen LogP contribution in [0.5, 0.6) is 5.88 Å². The highest BCUT2D eigenvalue weighted by molar-refractivity contribution is 6.19. The van der Waals surface area contributed by atoms with E-state index in [1.165, 1.54) is 0 Å². The van der Waals surface area contributed by atoms with Crippen LogP contribution < -0.4 is 15.4 Å². The van der Waals surface area contributed by atoms with Gasteiger partial charge in [0.1, 0.15) is 5.69 Å². The Bertz CT molecular complexity index is 817. The van der Waals surface area contributed by atoms with E-state index in [1.54, 1.807) is 12.0 Å². The quantitative estimate of drug-likeness (QED) is 0.901. The molecule has 0 saturated carbocycles. The van der Waals surface area contributed by atoms with E-state index >= 15 is 0 Å². The Morgan fingerprint density at radius 2 is 2.09 bits per heavy atom. The lowest BCUT2D eigenvalue weighted by Gasteiger charge is -2.18. The largest absolute Gasteiger partial charge is 0.481 e. The molecule has 6 nitrogen and oxygen atoms in total. The van der Waals surface area contributed by atoms with Crippen LogP contribution in [0.3, 0.4) is 0 Å². The maximum atomic E-state index is 12.5. The number of rotatable bonds is 2. The summed E-state index contributed by atoms with van der Waals surface area (Å²) in [5, 5.41) is 0. The predicted octanol–water partition coefficient (Wildman–Crippen LogP) is 1.12. The Morgan fingerprint density at radius 1 is 1.30 bits per heavy atom. The normalized spacial score (nSPS) is 19.2. The summed E-state index contributed by atoms with van der Waals surface area (Å²) in [4.78, 5) is 23.3. The van der Waals surface area contributed by atoms with E-state index in [-0.39, 0.29) is 5.91 Å². The lowest BCUT2D eigenvalue weighted by Crippen LogP contribution is -2.41. The van der Waals surface area contributed by atoms with Gasteiger partial charge in [0.15, 0.2) is 6.17 Å². The molecule has 1 amide bonds. The van der Waals surface area contributed by atoms with Crippen molar-refractivity contribution in [3.63, 3.8) is 0 Å². The van der Waals surface area contributed by atoms with E-state index < -0.39 is 6.17 Å². The molecule has 1 atom stereocenters. The first-order chi connectivity index (χ1) is 11.2. The smallest absolute Gasteiger partial charge is 0.266 e. The number of nitrogens with zero attached hydrogens (tertiary/aromatic N) is 3. The van der Waals surface area contributed by atoms with Gasteiger partial charge in [0.2, 0.25) is 5.88 Å². The molecular weight excluding hydrogens is 292 g/mol. The zero-order chi connectivity index (χ0) is 16.0. The number of amides is 1. The van der Waals surface area contributed by atoms with Crippen molar-refractivity contribution in [2.75, 3.05) is 18.6 Å². The van der Waals surface area contributed by atoms with Gasteiger partial charge < -0.3 is 15.4 Å². The Balaban J connectivity index is 2.01. The zero-order valence-corrected chi connectivity index (χ0v) is 12.7. The first kappa shape index (κ1) is 13.9. The fourth-order valence-electron chi connectivity index (χ4n) is 3.11. The molecule has 2 aromatic rings. The van der Waals surface area contributed by atoms with Crippen molar-refractivity contribution in [1.82, 2.24) is 4.98 Å². The molecule has 2 N–H and O–H groups in total. The highest BCUT2D eigenvalue weighted by atomic mass is 16.5. The van der Waals surface area contributed by atoms with Crippen LogP contribution in [-0.2, 0) is 11.2 Å². The molecule has 0 spiro atoms. The molecule has 116 valence electrons. The molecule has 0 aliphatic carbocycles. The number of methoxy groups -OCH3 is 1. The molecule has 2 aliphatic heterocycles. The molecule has 0 radical (unpaired) electrons. The third kappa shape index (κ3) is 2.10. The van der Waals surface area contributed by atoms with Gasteiger partial charge in [-0.1, -0.05) is 30.3 Å². The van der Waals surface area contributed by atoms with E-state index in [2.05, 4.69) is 9.98 Å². The van der Waals surface area contributed by atoms with Crippen LogP contribution in [0.25, 0.3) is 0 Å². The minimum absolute atomic E-state index is 0.192. The van der Waals surface area contributed by atoms with Crippen LogP contribution in [0.15, 0.2) is 41.4 Å². The van der Waals surface area contributed by atoms with Crippen LogP contribution in [0.2, 0.25) is 0 Å². The number of aliphatic imine (C=N–C) groups is 1. The van der Waals surface area contributed by atoms with E-state index in [0.29, 0.717) is 23.8 Å². The lowest BCUT2D eigenvalue weighted by atomic mass is 10.0. The molecule has 0 saturated heterocycles. The molecule has 0 fully saturated rings. The summed E-state index contributed by atoms with van der Waals surface area (Å²) in [5.41, 5.74) is 10.0. The van der Waals surface area contributed by atoms with Crippen molar-refractivity contribution in [1.29, 1.82) is 0 Å². The van der Waals surface area contributed by atoms with Crippen molar-refractivity contribution in [2.24, 2.45) is 10.7 Å². The molecule has 1 aromatic carbocycles. The zero-order valence-electron chi connectivity index (χ0n) is 12.7. The summed E-state index contributed by atoms with van der Waals surface area (Å²) < 4.78 is 5.32. The second kappa shape index (κ2) is 5.17. The number of benzene rings is 1. The molecule has 1 aromatic heterocycles. The third-order valence-corrected chi connectivity index (χ3v) is 4.19. The fraction of sp³-hybridized carbons (Fsp3) is 0.235. The van der Waals surface area contributed by atoms with E-state index in [9.17, 15) is 4.79 Å². The number of nitrogens with two attached hydrogens (primary N) is 1. The van der Waals surface area contributed by atoms with Crippen molar-refractivity contribution in [2.45, 2.75) is 12.6 Å². The predicted molar refractivity (Wildman–Crippen MR) is 86.9 cm³/mol. The number of pyridine rings is 1. The maximum absolute atomic E-state index is 12.5. The Labute approximate surface area is 133 Å². The molecular formula is C17H16N4O2. The van der Waals surface area contributed by atoms with Gasteiger partial charge in [-0.05, 0) is 12.0 Å². The Kier molecular flexibility index (Phi) is 3.12. The highest BCUT2D eigenvalue weighted by Gasteiger charge is 2.36. The van der Waals surface area contributed by atoms with Gasteiger partial charge in [0.05, 0.1) is 18.5 Å². The second-order valence-corrected chi connectivity index (χ2v) is 5.55. The molecule has 3 heterocycles. The minimum atomic E-state index is -0.920. The third-order valence-electron chi connectivity index (χ3n) is 4.19. The fourth-order valence-corrected chi connectivity index (χ4v) is 3.11. The lowest BCUT2D eigenvalue weighted by molar-refractivity contribution is -0.119. The summed E-state index contributed by atoms with van der Waals surface area (Å²) in [6, 6.07) is 11.5. The van der Waals surface area contributed by atoms with Gasteiger partial charge in [-0.25, -0.2) is 4.98 Å². The Hall–Kier alpha value is -2.73. The Morgan fingerprint density at radius 3 is 2.83 bits per heavy atom. The monoisotopic (exact) mass is 308 g/mol. The standard InChI is InChI=1S/C17H16N4O2/c1-23-12-9-11-7-8-21-15(11)14(19-12)13(20-16(18)17(21)22)10-5-3-2-4-6-10/h2-6,9,16H,7-8,18H2,1H3. The van der Waals surface area contributed by atoms with Gasteiger partial charge >= 0.3 is 0 Å². The van der Waals surface area contributed by atoms with Crippen LogP contribution in [0.1, 0.15) is 16.8 Å². The molecule has 0 bridgehead atoms. The average molecular weight is 308 g/mol. The summed E-state index contributed by atoms with van der Waals surface area (Å²) in [7, 11) is 1.58. The van der Waals surface area contributed by atoms with Gasteiger partial charge in [0.25, 0.3) is 5.91 Å². The van der Waals surface area contributed by atoms with E-state index in [1.807, 2.05) is 36.4 Å². The van der Waals surface area contributed by atoms with Crippen molar-refractivity contribution >= 4 is 17.3 Å². The van der Waals surface area contributed by atoms with Crippen LogP contribution in [0.4, 0.5) is 5.69 Å². The highest BCUT2D eigenvalue weighted by Crippen LogP contribution is 2.36. The maximum Gasteiger partial charge on any atom is 0.266 e. The van der Waals surface area contributed by atoms with Crippen LogP contribution in [-0.4, -0.2) is 36.4 Å². The van der Waals surface area contributed by atoms with Gasteiger partial charge in [-0.2, -0.15) is 0 Å². The van der Waals surface area contributed by atoms with E-state index in [0.717, 1.165) is 23.2 Å². The topological polar surface area (TPSA) is 80.8 Å². The molecule has 1 unspecified atom stereocenters. The molecule has 4 rings (SSSR count). The van der Waals surface area contributed by atoms with Crippen molar-refractivity contribution in [3.8, 4) is 5.88 Å². The number of ether oxygens (including phenoxy) is 1. The first-order valence-corrected chi connectivity index (χ1v) is 7.47. The molecule has 6 heteroatoms. The first-order valence-electron chi connectivity index (χ1n) is 7.47. The van der Waals surface area contributed by atoms with Crippen molar-refractivity contribution in [3.05, 3.63) is 53.2 Å². The van der Waals surface area contributed by atoms with Crippen LogP contribution >= 0.6 is 0 Å². The number of carbonyl (C=O) groups is 1. The number of carbonyl (C=O) groups excluding carboxylic acids is 1. The number of anilines is 1. The second-order valence-electron chi connectivity index (χ2n) is 5.55. The number of aromatic nitrogens is 1. The van der Waals surface area contributed by atoms with Gasteiger partial charge in [-0.3, -0.25) is 9.79 Å². The summed E-state index contributed by atoms with van der Waals surface area (Å²) in [6.45, 7) is 0.599. The van der Waals surface area contributed by atoms with Gasteiger partial charge in [-0.15, -0.1) is 0 Å². The summed E-state index contributed by atoms with van der Waals surface area (Å²) in [5.74, 6) is 0.329. The SMILES string of the molecule is COc1cc2c3c(n1)C(c1ccccc1)=NC(N)C(=O)N3CC2. The van der Waals surface area contributed by atoms with Gasteiger partial charge in [0, 0.05) is 18.2 Å².